The van der Waals surface area contributed by atoms with Gasteiger partial charge in [-0.2, -0.15) is 0 Å². The Kier molecular flexibility index (Phi) is 4.66. The van der Waals surface area contributed by atoms with Gasteiger partial charge >= 0.3 is 0 Å². The summed E-state index contributed by atoms with van der Waals surface area (Å²) in [6.07, 6.45) is 9.87. The summed E-state index contributed by atoms with van der Waals surface area (Å²) in [5.41, 5.74) is 0. The molecule has 1 aliphatic carbocycles. The molecule has 0 amide bonds. The molecule has 1 heterocycles. The summed E-state index contributed by atoms with van der Waals surface area (Å²) in [5.74, 6) is 1.44. The van der Waals surface area contributed by atoms with Crippen LogP contribution in [0.2, 0.25) is 0 Å². The van der Waals surface area contributed by atoms with Crippen molar-refractivity contribution in [3.8, 4) is 0 Å². The zero-order valence-electron chi connectivity index (χ0n) is 10.5. The lowest BCUT2D eigenvalue weighted by molar-refractivity contribution is 0.0430. The van der Waals surface area contributed by atoms with E-state index in [2.05, 4.69) is 6.92 Å². The van der Waals surface area contributed by atoms with Gasteiger partial charge in [0.25, 0.3) is 0 Å². The molecule has 1 N–H and O–H groups in total. The fourth-order valence-electron chi connectivity index (χ4n) is 3.14. The molecule has 16 heavy (non-hydrogen) atoms. The summed E-state index contributed by atoms with van der Waals surface area (Å²) in [6, 6.07) is 0. The van der Waals surface area contributed by atoms with Crippen LogP contribution in [0.3, 0.4) is 0 Å². The van der Waals surface area contributed by atoms with E-state index in [0.717, 1.165) is 25.4 Å². The molecular weight excluding hydrogens is 200 g/mol. The van der Waals surface area contributed by atoms with E-state index in [1.807, 2.05) is 0 Å². The van der Waals surface area contributed by atoms with E-state index in [9.17, 15) is 5.11 Å². The van der Waals surface area contributed by atoms with Gasteiger partial charge in [-0.3, -0.25) is 0 Å². The quantitative estimate of drug-likeness (QED) is 0.798. The van der Waals surface area contributed by atoms with Gasteiger partial charge in [0.2, 0.25) is 0 Å². The van der Waals surface area contributed by atoms with Crippen molar-refractivity contribution in [2.45, 2.75) is 70.5 Å². The SMILES string of the molecule is CC1CCC(C(O)CCC2CCCO2)CC1. The van der Waals surface area contributed by atoms with E-state index in [-0.39, 0.29) is 6.10 Å². The normalized spacial score (nSPS) is 37.5. The number of hydrogen-bond donors (Lipinski definition) is 1. The first-order valence-corrected chi connectivity index (χ1v) is 7.05. The van der Waals surface area contributed by atoms with Crippen LogP contribution < -0.4 is 0 Å². The molecule has 0 aromatic carbocycles. The van der Waals surface area contributed by atoms with Crippen LogP contribution in [0.1, 0.15) is 58.3 Å². The molecule has 2 nitrogen and oxygen atoms in total. The smallest absolute Gasteiger partial charge is 0.0577 e. The van der Waals surface area contributed by atoms with Crippen molar-refractivity contribution in [3.05, 3.63) is 0 Å². The molecule has 2 rings (SSSR count). The van der Waals surface area contributed by atoms with Crippen LogP contribution in [0.5, 0.6) is 0 Å². The monoisotopic (exact) mass is 226 g/mol. The summed E-state index contributed by atoms with van der Waals surface area (Å²) >= 11 is 0. The standard InChI is InChI=1S/C14H26O2/c1-11-4-6-12(7-5-11)14(15)9-8-13-3-2-10-16-13/h11-15H,2-10H2,1H3. The minimum absolute atomic E-state index is 0.0725. The van der Waals surface area contributed by atoms with Gasteiger partial charge < -0.3 is 9.84 Å². The third kappa shape index (κ3) is 3.46. The average molecular weight is 226 g/mol. The van der Waals surface area contributed by atoms with Crippen LogP contribution in [0, 0.1) is 11.8 Å². The predicted octanol–water partition coefficient (Wildman–Crippen LogP) is 3.13. The Labute approximate surface area is 99.4 Å². The van der Waals surface area contributed by atoms with Crippen molar-refractivity contribution in [3.63, 3.8) is 0 Å². The van der Waals surface area contributed by atoms with Crippen molar-refractivity contribution in [2.24, 2.45) is 11.8 Å². The van der Waals surface area contributed by atoms with Gasteiger partial charge in [0, 0.05) is 6.61 Å². The average Bonchev–Trinajstić information content (AvgIpc) is 2.80. The van der Waals surface area contributed by atoms with E-state index >= 15 is 0 Å². The Hall–Kier alpha value is -0.0800. The summed E-state index contributed by atoms with van der Waals surface area (Å²) in [4.78, 5) is 0. The van der Waals surface area contributed by atoms with Gasteiger partial charge in [-0.25, -0.2) is 0 Å². The predicted molar refractivity (Wildman–Crippen MR) is 65.3 cm³/mol. The first-order chi connectivity index (χ1) is 7.75. The molecule has 2 aliphatic rings. The molecule has 0 radical (unpaired) electrons. The van der Waals surface area contributed by atoms with Crippen LogP contribution >= 0.6 is 0 Å². The summed E-state index contributed by atoms with van der Waals surface area (Å²) in [5, 5.41) is 10.2. The van der Waals surface area contributed by atoms with E-state index in [0.29, 0.717) is 12.0 Å². The lowest BCUT2D eigenvalue weighted by Crippen LogP contribution is -2.26. The number of aliphatic hydroxyl groups excluding tert-OH is 1. The first-order valence-electron chi connectivity index (χ1n) is 7.05. The molecule has 2 heteroatoms. The van der Waals surface area contributed by atoms with E-state index < -0.39 is 0 Å². The Balaban J connectivity index is 1.64. The topological polar surface area (TPSA) is 29.5 Å². The molecule has 2 unspecified atom stereocenters. The van der Waals surface area contributed by atoms with Crippen molar-refractivity contribution in [1.82, 2.24) is 0 Å². The summed E-state index contributed by atoms with van der Waals surface area (Å²) < 4.78 is 5.60. The Bertz CT molecular complexity index is 191. The third-order valence-corrected chi connectivity index (χ3v) is 4.41. The van der Waals surface area contributed by atoms with Gasteiger partial charge in [-0.15, -0.1) is 0 Å². The van der Waals surface area contributed by atoms with Crippen LogP contribution in [0.15, 0.2) is 0 Å². The van der Waals surface area contributed by atoms with E-state index in [1.54, 1.807) is 0 Å². The van der Waals surface area contributed by atoms with Gasteiger partial charge in [0.15, 0.2) is 0 Å². The highest BCUT2D eigenvalue weighted by molar-refractivity contribution is 4.77. The lowest BCUT2D eigenvalue weighted by Gasteiger charge is -2.30. The van der Waals surface area contributed by atoms with Gasteiger partial charge in [-0.05, 0) is 50.4 Å². The highest BCUT2D eigenvalue weighted by Crippen LogP contribution is 2.32. The van der Waals surface area contributed by atoms with Crippen molar-refractivity contribution in [1.29, 1.82) is 0 Å². The van der Waals surface area contributed by atoms with Crippen LogP contribution in [-0.2, 0) is 4.74 Å². The summed E-state index contributed by atoms with van der Waals surface area (Å²) in [7, 11) is 0. The molecule has 1 aliphatic heterocycles. The third-order valence-electron chi connectivity index (χ3n) is 4.41. The van der Waals surface area contributed by atoms with Crippen LogP contribution in [0.25, 0.3) is 0 Å². The lowest BCUT2D eigenvalue weighted by atomic mass is 9.79. The summed E-state index contributed by atoms with van der Waals surface area (Å²) in [6.45, 7) is 3.26. The zero-order valence-corrected chi connectivity index (χ0v) is 10.5. The molecular formula is C14H26O2. The largest absolute Gasteiger partial charge is 0.393 e. The number of aliphatic hydroxyl groups is 1. The number of rotatable bonds is 4. The maximum absolute atomic E-state index is 10.2. The number of hydrogen-bond acceptors (Lipinski definition) is 2. The molecule has 1 saturated carbocycles. The van der Waals surface area contributed by atoms with Gasteiger partial charge in [0.05, 0.1) is 12.2 Å². The molecule has 0 aromatic heterocycles. The van der Waals surface area contributed by atoms with Gasteiger partial charge in [-0.1, -0.05) is 19.8 Å². The molecule has 94 valence electrons. The van der Waals surface area contributed by atoms with Crippen LogP contribution in [-0.4, -0.2) is 23.9 Å². The first kappa shape index (κ1) is 12.4. The minimum atomic E-state index is -0.0725. The maximum atomic E-state index is 10.2. The van der Waals surface area contributed by atoms with Crippen molar-refractivity contribution >= 4 is 0 Å². The Morgan fingerprint density at radius 1 is 1.19 bits per heavy atom. The highest BCUT2D eigenvalue weighted by atomic mass is 16.5. The fraction of sp³-hybridized carbons (Fsp3) is 1.00. The molecule has 2 atom stereocenters. The molecule has 1 saturated heterocycles. The number of ether oxygens (including phenoxy) is 1. The van der Waals surface area contributed by atoms with Gasteiger partial charge in [0.1, 0.15) is 0 Å². The Morgan fingerprint density at radius 2 is 1.94 bits per heavy atom. The zero-order chi connectivity index (χ0) is 11.4. The van der Waals surface area contributed by atoms with Crippen molar-refractivity contribution < 1.29 is 9.84 Å². The molecule has 2 fully saturated rings. The van der Waals surface area contributed by atoms with Crippen molar-refractivity contribution in [2.75, 3.05) is 6.61 Å². The highest BCUT2D eigenvalue weighted by Gasteiger charge is 2.25. The molecule has 0 bridgehead atoms. The Morgan fingerprint density at radius 3 is 2.56 bits per heavy atom. The van der Waals surface area contributed by atoms with E-state index in [1.165, 1.54) is 38.5 Å². The second kappa shape index (κ2) is 6.02. The van der Waals surface area contributed by atoms with Crippen LogP contribution in [0.4, 0.5) is 0 Å². The second-order valence-electron chi connectivity index (χ2n) is 5.80. The molecule has 0 aromatic rings. The molecule has 0 spiro atoms. The minimum Gasteiger partial charge on any atom is -0.393 e. The fourth-order valence-corrected chi connectivity index (χ4v) is 3.14. The van der Waals surface area contributed by atoms with E-state index in [4.69, 9.17) is 4.74 Å². The second-order valence-corrected chi connectivity index (χ2v) is 5.80. The maximum Gasteiger partial charge on any atom is 0.0577 e.